The molecule has 0 saturated carbocycles. The standard InChI is InChI=1S/C16H15FO3/c1-11-7-8-12(9-14(11)17)20-10-15(18)13-5-3-4-6-16(13)19-2/h3-9H,10H2,1-2H3. The van der Waals surface area contributed by atoms with Crippen LogP contribution in [0.4, 0.5) is 4.39 Å². The third-order valence-electron chi connectivity index (χ3n) is 2.92. The molecule has 2 aromatic carbocycles. The molecule has 0 amide bonds. The summed E-state index contributed by atoms with van der Waals surface area (Å²) in [6.07, 6.45) is 0. The molecule has 0 aromatic heterocycles. The lowest BCUT2D eigenvalue weighted by atomic mass is 10.1. The lowest BCUT2D eigenvalue weighted by Crippen LogP contribution is -2.12. The fourth-order valence-corrected chi connectivity index (χ4v) is 1.77. The number of aryl methyl sites for hydroxylation is 1. The Bertz CT molecular complexity index is 623. The molecule has 0 unspecified atom stereocenters. The van der Waals surface area contributed by atoms with Gasteiger partial charge >= 0.3 is 0 Å². The van der Waals surface area contributed by atoms with Crippen LogP contribution in [0.5, 0.6) is 11.5 Å². The van der Waals surface area contributed by atoms with Crippen molar-refractivity contribution in [3.8, 4) is 11.5 Å². The van der Waals surface area contributed by atoms with Gasteiger partial charge in [-0.2, -0.15) is 0 Å². The predicted molar refractivity (Wildman–Crippen MR) is 74.0 cm³/mol. The maximum absolute atomic E-state index is 13.4. The van der Waals surface area contributed by atoms with Gasteiger partial charge in [0.1, 0.15) is 17.3 Å². The summed E-state index contributed by atoms with van der Waals surface area (Å²) in [6, 6.07) is 11.4. The van der Waals surface area contributed by atoms with E-state index in [1.807, 2.05) is 0 Å². The highest BCUT2D eigenvalue weighted by Gasteiger charge is 2.12. The van der Waals surface area contributed by atoms with E-state index in [-0.39, 0.29) is 18.2 Å². The first-order valence-corrected chi connectivity index (χ1v) is 6.17. The van der Waals surface area contributed by atoms with Crippen LogP contribution >= 0.6 is 0 Å². The molecular weight excluding hydrogens is 259 g/mol. The number of benzene rings is 2. The van der Waals surface area contributed by atoms with Gasteiger partial charge in [0, 0.05) is 6.07 Å². The van der Waals surface area contributed by atoms with Crippen molar-refractivity contribution in [3.63, 3.8) is 0 Å². The molecule has 0 N–H and O–H groups in total. The van der Waals surface area contributed by atoms with Crippen molar-refractivity contribution in [2.24, 2.45) is 0 Å². The van der Waals surface area contributed by atoms with Gasteiger partial charge in [0.15, 0.2) is 6.61 Å². The molecule has 20 heavy (non-hydrogen) atoms. The molecule has 0 bridgehead atoms. The Balaban J connectivity index is 2.06. The van der Waals surface area contributed by atoms with Crippen molar-refractivity contribution in [1.29, 1.82) is 0 Å². The Hall–Kier alpha value is -2.36. The fourth-order valence-electron chi connectivity index (χ4n) is 1.77. The van der Waals surface area contributed by atoms with Crippen LogP contribution in [0, 0.1) is 12.7 Å². The number of carbonyl (C=O) groups is 1. The largest absolute Gasteiger partial charge is 0.496 e. The number of rotatable bonds is 5. The molecule has 2 rings (SSSR count). The van der Waals surface area contributed by atoms with E-state index in [9.17, 15) is 9.18 Å². The van der Waals surface area contributed by atoms with Crippen molar-refractivity contribution in [2.45, 2.75) is 6.92 Å². The first-order chi connectivity index (χ1) is 9.61. The molecule has 3 nitrogen and oxygen atoms in total. The summed E-state index contributed by atoms with van der Waals surface area (Å²) >= 11 is 0. The van der Waals surface area contributed by atoms with Crippen molar-refractivity contribution >= 4 is 5.78 Å². The van der Waals surface area contributed by atoms with Crippen LogP contribution in [0.3, 0.4) is 0 Å². The topological polar surface area (TPSA) is 35.5 Å². The summed E-state index contributed by atoms with van der Waals surface area (Å²) in [7, 11) is 1.50. The van der Waals surface area contributed by atoms with E-state index in [0.717, 1.165) is 0 Å². The monoisotopic (exact) mass is 274 g/mol. The third-order valence-corrected chi connectivity index (χ3v) is 2.92. The molecule has 4 heteroatoms. The molecule has 0 radical (unpaired) electrons. The zero-order valence-corrected chi connectivity index (χ0v) is 11.4. The second-order valence-electron chi connectivity index (χ2n) is 4.32. The zero-order chi connectivity index (χ0) is 14.5. The van der Waals surface area contributed by atoms with E-state index >= 15 is 0 Å². The van der Waals surface area contributed by atoms with Crippen LogP contribution < -0.4 is 9.47 Å². The van der Waals surface area contributed by atoms with E-state index in [1.54, 1.807) is 43.3 Å². The molecule has 0 aliphatic rings. The lowest BCUT2D eigenvalue weighted by Gasteiger charge is -2.09. The minimum Gasteiger partial charge on any atom is -0.496 e. The fraction of sp³-hybridized carbons (Fsp3) is 0.188. The molecule has 2 aromatic rings. The van der Waals surface area contributed by atoms with E-state index in [4.69, 9.17) is 9.47 Å². The summed E-state index contributed by atoms with van der Waals surface area (Å²) < 4.78 is 23.8. The third kappa shape index (κ3) is 3.15. The Labute approximate surface area is 117 Å². The highest BCUT2D eigenvalue weighted by atomic mass is 19.1. The lowest BCUT2D eigenvalue weighted by molar-refractivity contribution is 0.0918. The minimum absolute atomic E-state index is 0.164. The number of hydrogen-bond donors (Lipinski definition) is 0. The first-order valence-electron chi connectivity index (χ1n) is 6.17. The van der Waals surface area contributed by atoms with Crippen LogP contribution in [-0.4, -0.2) is 19.5 Å². The van der Waals surface area contributed by atoms with E-state index in [2.05, 4.69) is 0 Å². The van der Waals surface area contributed by atoms with Gasteiger partial charge in [0.25, 0.3) is 0 Å². The predicted octanol–water partition coefficient (Wildman–Crippen LogP) is 3.40. The molecule has 104 valence electrons. The highest BCUT2D eigenvalue weighted by molar-refractivity contribution is 5.99. The van der Waals surface area contributed by atoms with Gasteiger partial charge in [-0.25, -0.2) is 4.39 Å². The summed E-state index contributed by atoms with van der Waals surface area (Å²) in [4.78, 5) is 12.1. The van der Waals surface area contributed by atoms with Crippen molar-refractivity contribution < 1.29 is 18.7 Å². The smallest absolute Gasteiger partial charge is 0.203 e. The van der Waals surface area contributed by atoms with Crippen LogP contribution in [0.15, 0.2) is 42.5 Å². The average Bonchev–Trinajstić information content (AvgIpc) is 2.48. The Morgan fingerprint density at radius 1 is 1.20 bits per heavy atom. The van der Waals surface area contributed by atoms with Crippen LogP contribution in [0.2, 0.25) is 0 Å². The second kappa shape index (κ2) is 6.19. The summed E-state index contributed by atoms with van der Waals surface area (Å²) in [5.74, 6) is 0.253. The molecular formula is C16H15FO3. The molecule has 0 aliphatic carbocycles. The van der Waals surface area contributed by atoms with Gasteiger partial charge in [-0.15, -0.1) is 0 Å². The first kappa shape index (κ1) is 14.1. The Kier molecular flexibility index (Phi) is 4.35. The Morgan fingerprint density at radius 3 is 2.65 bits per heavy atom. The van der Waals surface area contributed by atoms with E-state index in [1.165, 1.54) is 13.2 Å². The summed E-state index contributed by atoms with van der Waals surface area (Å²) in [5, 5.41) is 0. The van der Waals surface area contributed by atoms with Crippen LogP contribution in [-0.2, 0) is 0 Å². The van der Waals surface area contributed by atoms with Crippen molar-refractivity contribution in [2.75, 3.05) is 13.7 Å². The van der Waals surface area contributed by atoms with Crippen LogP contribution in [0.1, 0.15) is 15.9 Å². The number of ketones is 1. The van der Waals surface area contributed by atoms with Crippen molar-refractivity contribution in [1.82, 2.24) is 0 Å². The highest BCUT2D eigenvalue weighted by Crippen LogP contribution is 2.19. The SMILES string of the molecule is COc1ccccc1C(=O)COc1ccc(C)c(F)c1. The number of carbonyl (C=O) groups excluding carboxylic acids is 1. The molecule has 0 spiro atoms. The molecule has 0 heterocycles. The zero-order valence-electron chi connectivity index (χ0n) is 11.4. The van der Waals surface area contributed by atoms with Gasteiger partial charge < -0.3 is 9.47 Å². The number of para-hydroxylation sites is 1. The quantitative estimate of drug-likeness (QED) is 0.784. The number of halogens is 1. The van der Waals surface area contributed by atoms with Gasteiger partial charge in [-0.05, 0) is 30.7 Å². The maximum Gasteiger partial charge on any atom is 0.203 e. The number of ether oxygens (including phenoxy) is 2. The second-order valence-corrected chi connectivity index (χ2v) is 4.32. The number of hydrogen-bond acceptors (Lipinski definition) is 3. The van der Waals surface area contributed by atoms with Gasteiger partial charge in [-0.3, -0.25) is 4.79 Å². The Morgan fingerprint density at radius 2 is 1.95 bits per heavy atom. The number of methoxy groups -OCH3 is 1. The van der Waals surface area contributed by atoms with Crippen molar-refractivity contribution in [3.05, 3.63) is 59.4 Å². The van der Waals surface area contributed by atoms with E-state index in [0.29, 0.717) is 22.6 Å². The average molecular weight is 274 g/mol. The minimum atomic E-state index is -0.354. The summed E-state index contributed by atoms with van der Waals surface area (Å²) in [6.45, 7) is 1.50. The molecule has 0 fully saturated rings. The van der Waals surface area contributed by atoms with E-state index < -0.39 is 0 Å². The molecule has 0 aliphatic heterocycles. The number of Topliss-reactive ketones (excluding diaryl/α,β-unsaturated/α-hetero) is 1. The van der Waals surface area contributed by atoms with Gasteiger partial charge in [0.05, 0.1) is 12.7 Å². The van der Waals surface area contributed by atoms with Crippen LogP contribution in [0.25, 0.3) is 0 Å². The van der Waals surface area contributed by atoms with Gasteiger partial charge in [-0.1, -0.05) is 18.2 Å². The summed E-state index contributed by atoms with van der Waals surface area (Å²) in [5.41, 5.74) is 0.982. The maximum atomic E-state index is 13.4. The molecule has 0 saturated heterocycles. The molecule has 0 atom stereocenters. The normalized spacial score (nSPS) is 10.2. The van der Waals surface area contributed by atoms with Gasteiger partial charge in [0.2, 0.25) is 5.78 Å².